The summed E-state index contributed by atoms with van der Waals surface area (Å²) in [6.45, 7) is 2.18. The van der Waals surface area contributed by atoms with E-state index >= 15 is 0 Å². The number of nitrogens with one attached hydrogen (secondary N) is 1. The Labute approximate surface area is 122 Å². The molecule has 0 spiro atoms. The van der Waals surface area contributed by atoms with E-state index in [0.29, 0.717) is 5.13 Å². The zero-order chi connectivity index (χ0) is 13.5. The molecule has 1 aromatic rings. The van der Waals surface area contributed by atoms with E-state index in [9.17, 15) is 4.79 Å². The zero-order valence-corrected chi connectivity index (χ0v) is 13.0. The maximum Gasteiger partial charge on any atom is 0.229 e. The maximum absolute atomic E-state index is 12.1. The van der Waals surface area contributed by atoms with Crippen molar-refractivity contribution >= 4 is 34.1 Å². The third-order valence-corrected chi connectivity index (χ3v) is 5.39. The number of hydrogen-bond acceptors (Lipinski definition) is 5. The van der Waals surface area contributed by atoms with Crippen LogP contribution in [-0.4, -0.2) is 21.9 Å². The highest BCUT2D eigenvalue weighted by Gasteiger charge is 2.22. The van der Waals surface area contributed by atoms with E-state index < -0.39 is 0 Å². The number of amides is 1. The van der Waals surface area contributed by atoms with Crippen molar-refractivity contribution < 1.29 is 4.79 Å². The van der Waals surface area contributed by atoms with Crippen molar-refractivity contribution in [3.8, 4) is 0 Å². The third kappa shape index (κ3) is 4.76. The lowest BCUT2D eigenvalue weighted by atomic mass is 9.89. The van der Waals surface area contributed by atoms with E-state index in [0.717, 1.165) is 22.9 Å². The van der Waals surface area contributed by atoms with Gasteiger partial charge in [-0.1, -0.05) is 55.7 Å². The summed E-state index contributed by atoms with van der Waals surface area (Å²) in [4.78, 5) is 12.1. The summed E-state index contributed by atoms with van der Waals surface area (Å²) >= 11 is 3.21. The second kappa shape index (κ2) is 7.85. The van der Waals surface area contributed by atoms with Gasteiger partial charge < -0.3 is 5.32 Å². The van der Waals surface area contributed by atoms with Crippen molar-refractivity contribution in [2.75, 3.05) is 11.1 Å². The number of rotatable bonds is 6. The first-order valence-corrected chi connectivity index (χ1v) is 8.87. The van der Waals surface area contributed by atoms with Crippen molar-refractivity contribution in [3.63, 3.8) is 0 Å². The van der Waals surface area contributed by atoms with Crippen LogP contribution in [0.25, 0.3) is 0 Å². The van der Waals surface area contributed by atoms with Crippen LogP contribution in [0.15, 0.2) is 4.34 Å². The molecule has 19 heavy (non-hydrogen) atoms. The first-order chi connectivity index (χ1) is 9.29. The molecule has 0 radical (unpaired) electrons. The van der Waals surface area contributed by atoms with E-state index in [-0.39, 0.29) is 11.8 Å². The molecule has 6 heteroatoms. The highest BCUT2D eigenvalue weighted by Crippen LogP contribution is 2.28. The summed E-state index contributed by atoms with van der Waals surface area (Å²) < 4.78 is 0.951. The first-order valence-electron chi connectivity index (χ1n) is 7.06. The molecular formula is C13H21N3OS2. The second-order valence-electron chi connectivity index (χ2n) is 4.90. The van der Waals surface area contributed by atoms with Crippen LogP contribution in [0.5, 0.6) is 0 Å². The highest BCUT2D eigenvalue weighted by atomic mass is 32.2. The summed E-state index contributed by atoms with van der Waals surface area (Å²) in [6, 6.07) is 0. The maximum atomic E-state index is 12.1. The number of carbonyl (C=O) groups excluding carboxylic acids is 1. The van der Waals surface area contributed by atoms with Crippen LogP contribution in [0.2, 0.25) is 0 Å². The third-order valence-electron chi connectivity index (χ3n) is 3.34. The quantitative estimate of drug-likeness (QED) is 0.491. The molecule has 0 aliphatic heterocycles. The Bertz CT molecular complexity index is 402. The molecule has 1 aromatic heterocycles. The Balaban J connectivity index is 1.80. The zero-order valence-electron chi connectivity index (χ0n) is 11.4. The van der Waals surface area contributed by atoms with Crippen molar-refractivity contribution in [2.24, 2.45) is 5.92 Å². The Morgan fingerprint density at radius 1 is 1.37 bits per heavy atom. The molecule has 1 N–H and O–H groups in total. The molecule has 1 aliphatic carbocycles. The van der Waals surface area contributed by atoms with Gasteiger partial charge in [-0.3, -0.25) is 4.79 Å². The average molecular weight is 299 g/mol. The van der Waals surface area contributed by atoms with Gasteiger partial charge in [0.15, 0.2) is 4.34 Å². The number of anilines is 1. The van der Waals surface area contributed by atoms with Gasteiger partial charge in [0.05, 0.1) is 0 Å². The van der Waals surface area contributed by atoms with Gasteiger partial charge in [-0.05, 0) is 19.3 Å². The van der Waals surface area contributed by atoms with Crippen LogP contribution in [0.1, 0.15) is 51.9 Å². The summed E-state index contributed by atoms with van der Waals surface area (Å²) in [5.74, 6) is 1.37. The largest absolute Gasteiger partial charge is 0.300 e. The number of aromatic nitrogens is 2. The molecule has 0 atom stereocenters. The fourth-order valence-electron chi connectivity index (χ4n) is 2.19. The Hall–Kier alpha value is -0.620. The van der Waals surface area contributed by atoms with E-state index in [4.69, 9.17) is 0 Å². The number of thioether (sulfide) groups is 1. The van der Waals surface area contributed by atoms with Crippen LogP contribution in [-0.2, 0) is 4.79 Å². The van der Waals surface area contributed by atoms with E-state index in [1.54, 1.807) is 11.8 Å². The molecule has 106 valence electrons. The van der Waals surface area contributed by atoms with Gasteiger partial charge in [-0.2, -0.15) is 0 Å². The van der Waals surface area contributed by atoms with E-state index in [2.05, 4.69) is 22.4 Å². The fraction of sp³-hybridized carbons (Fsp3) is 0.769. The van der Waals surface area contributed by atoms with Gasteiger partial charge in [-0.15, -0.1) is 10.2 Å². The predicted octanol–water partition coefficient (Wildman–Crippen LogP) is 3.95. The Kier molecular flexibility index (Phi) is 6.10. The molecule has 0 saturated heterocycles. The lowest BCUT2D eigenvalue weighted by Crippen LogP contribution is -2.24. The summed E-state index contributed by atoms with van der Waals surface area (Å²) in [7, 11) is 0. The Morgan fingerprint density at radius 3 is 2.89 bits per heavy atom. The molecule has 1 fully saturated rings. The minimum Gasteiger partial charge on any atom is -0.300 e. The number of unbranched alkanes of at least 4 members (excludes halogenated alkanes) is 1. The minimum atomic E-state index is 0.126. The van der Waals surface area contributed by atoms with Gasteiger partial charge in [0, 0.05) is 11.7 Å². The molecule has 1 aliphatic rings. The number of carbonyl (C=O) groups is 1. The lowest BCUT2D eigenvalue weighted by molar-refractivity contribution is -0.120. The van der Waals surface area contributed by atoms with Crippen LogP contribution in [0.4, 0.5) is 5.13 Å². The van der Waals surface area contributed by atoms with Gasteiger partial charge in [0.2, 0.25) is 11.0 Å². The fourth-order valence-corrected chi connectivity index (χ4v) is 4.10. The average Bonchev–Trinajstić information content (AvgIpc) is 2.88. The molecule has 2 rings (SSSR count). The van der Waals surface area contributed by atoms with Crippen molar-refractivity contribution in [3.05, 3.63) is 0 Å². The van der Waals surface area contributed by atoms with Crippen molar-refractivity contribution in [2.45, 2.75) is 56.2 Å². The molecule has 1 amide bonds. The predicted molar refractivity (Wildman–Crippen MR) is 80.7 cm³/mol. The summed E-state index contributed by atoms with van der Waals surface area (Å²) in [6.07, 6.45) is 8.02. The van der Waals surface area contributed by atoms with E-state index in [1.165, 1.54) is 43.4 Å². The molecule has 0 aromatic carbocycles. The van der Waals surface area contributed by atoms with Crippen LogP contribution >= 0.6 is 23.1 Å². The first kappa shape index (κ1) is 14.8. The molecule has 4 nitrogen and oxygen atoms in total. The number of hydrogen-bond donors (Lipinski definition) is 1. The molecular weight excluding hydrogens is 278 g/mol. The molecule has 0 unspecified atom stereocenters. The topological polar surface area (TPSA) is 54.9 Å². The van der Waals surface area contributed by atoms with E-state index in [1.807, 2.05) is 0 Å². The number of nitrogens with zero attached hydrogens (tertiary/aromatic N) is 2. The summed E-state index contributed by atoms with van der Waals surface area (Å²) in [5, 5.41) is 11.7. The monoisotopic (exact) mass is 299 g/mol. The molecule has 1 heterocycles. The lowest BCUT2D eigenvalue weighted by Gasteiger charge is -2.19. The minimum absolute atomic E-state index is 0.126. The molecule has 1 saturated carbocycles. The van der Waals surface area contributed by atoms with Crippen LogP contribution in [0, 0.1) is 5.92 Å². The smallest absolute Gasteiger partial charge is 0.229 e. The normalized spacial score (nSPS) is 16.5. The van der Waals surface area contributed by atoms with Gasteiger partial charge >= 0.3 is 0 Å². The standard InChI is InChI=1S/C13H21N3OS2/c1-2-3-9-18-13-16-15-12(19-13)14-11(17)10-7-5-4-6-8-10/h10H,2-9H2,1H3,(H,14,15,17). The summed E-state index contributed by atoms with van der Waals surface area (Å²) in [5.41, 5.74) is 0. The van der Waals surface area contributed by atoms with Gasteiger partial charge in [-0.25, -0.2) is 0 Å². The van der Waals surface area contributed by atoms with Crippen LogP contribution in [0.3, 0.4) is 0 Å². The molecule has 0 bridgehead atoms. The van der Waals surface area contributed by atoms with Gasteiger partial charge in [0.1, 0.15) is 0 Å². The SMILES string of the molecule is CCCCSc1nnc(NC(=O)C2CCCCC2)s1. The van der Waals surface area contributed by atoms with Crippen molar-refractivity contribution in [1.82, 2.24) is 10.2 Å². The second-order valence-corrected chi connectivity index (χ2v) is 7.22. The Morgan fingerprint density at radius 2 is 2.16 bits per heavy atom. The van der Waals surface area contributed by atoms with Crippen molar-refractivity contribution in [1.29, 1.82) is 0 Å². The van der Waals surface area contributed by atoms with Crippen LogP contribution < -0.4 is 5.32 Å². The van der Waals surface area contributed by atoms with Gasteiger partial charge in [0.25, 0.3) is 0 Å². The highest BCUT2D eigenvalue weighted by molar-refractivity contribution is 8.01.